The number of primary amides is 1. The second kappa shape index (κ2) is 41.0. The SMILES string of the molecule is CC[C@H](C)C(C(CC(=O)N1CCCC1[C@H](OC)[C@@H](C)C(=O)NC(C)[C@@H](O)c1ccccc1)OC)N(C)C(=O)[C@@H](NC(=O)[C@H](C(C)C)N(C)C(=O)OCc1ccc(NC(=O)[C@H](CCCNC(N)=O)NC(=O)C(NC(=O)CO/N=C/c2cc(C[C@H](NC)C(=O)O)ccc2O)C(C)C)cc1)C(C)C. The number of carbonyl (C=O) groups excluding carboxylic acids is 9. The minimum Gasteiger partial charge on any atom is -0.507 e. The topological polar surface area (TPSA) is 401 Å². The van der Waals surface area contributed by atoms with Gasteiger partial charge in [-0.15, -0.1) is 0 Å². The van der Waals surface area contributed by atoms with Crippen molar-refractivity contribution in [1.82, 2.24) is 46.6 Å². The molecule has 100 heavy (non-hydrogen) atoms. The van der Waals surface area contributed by atoms with E-state index in [0.29, 0.717) is 48.2 Å². The number of phenols is 1. The highest BCUT2D eigenvalue weighted by Gasteiger charge is 2.44. The van der Waals surface area contributed by atoms with Crippen LogP contribution in [0.2, 0.25) is 0 Å². The molecule has 3 aromatic rings. The monoisotopic (exact) mass is 1400 g/mol. The molecule has 1 fully saturated rings. The Labute approximate surface area is 587 Å². The molecule has 554 valence electrons. The number of nitrogens with zero attached hydrogens (tertiary/aromatic N) is 4. The van der Waals surface area contributed by atoms with Gasteiger partial charge in [-0.3, -0.25) is 43.3 Å². The van der Waals surface area contributed by atoms with Gasteiger partial charge in [-0.2, -0.15) is 0 Å². The number of likely N-dealkylation sites (N-methyl/N-ethyl adjacent to an activating group) is 3. The summed E-state index contributed by atoms with van der Waals surface area (Å²) in [4.78, 5) is 145. The summed E-state index contributed by atoms with van der Waals surface area (Å²) in [7, 11) is 7.56. The maximum atomic E-state index is 14.8. The number of aliphatic carboxylic acids is 1. The number of amides is 10. The van der Waals surface area contributed by atoms with Crippen LogP contribution in [0.25, 0.3) is 0 Å². The van der Waals surface area contributed by atoms with Crippen LogP contribution in [-0.4, -0.2) is 211 Å². The molecule has 0 bridgehead atoms. The normalized spacial score (nSPS) is 16.7. The molecule has 10 amide bonds. The van der Waals surface area contributed by atoms with E-state index >= 15 is 0 Å². The summed E-state index contributed by atoms with van der Waals surface area (Å²) in [5, 5.41) is 53.5. The van der Waals surface area contributed by atoms with Gasteiger partial charge in [0.1, 0.15) is 42.6 Å². The molecule has 1 aliphatic heterocycles. The number of ether oxygens (including phenoxy) is 3. The molecule has 1 saturated heterocycles. The van der Waals surface area contributed by atoms with Crippen molar-refractivity contribution in [3.63, 3.8) is 0 Å². The average Bonchev–Trinajstić information content (AvgIpc) is 1.69. The number of rotatable bonds is 40. The van der Waals surface area contributed by atoms with Gasteiger partial charge in [-0.05, 0) is 111 Å². The summed E-state index contributed by atoms with van der Waals surface area (Å²) >= 11 is 0. The van der Waals surface area contributed by atoms with E-state index in [9.17, 15) is 63.3 Å². The first kappa shape index (κ1) is 83.5. The maximum Gasteiger partial charge on any atom is 0.410 e. The molecule has 12 N–H and O–H groups in total. The summed E-state index contributed by atoms with van der Waals surface area (Å²) in [6.07, 6.45) is 0.00574. The predicted octanol–water partition coefficient (Wildman–Crippen LogP) is 4.56. The highest BCUT2D eigenvalue weighted by atomic mass is 16.6. The van der Waals surface area contributed by atoms with E-state index in [-0.39, 0.29) is 67.9 Å². The van der Waals surface area contributed by atoms with Crippen LogP contribution in [0.1, 0.15) is 136 Å². The molecule has 13 atom stereocenters. The smallest absolute Gasteiger partial charge is 0.410 e. The van der Waals surface area contributed by atoms with Gasteiger partial charge in [-0.1, -0.05) is 122 Å². The molecule has 0 aliphatic carbocycles. The second-order valence-corrected chi connectivity index (χ2v) is 26.6. The number of nitrogens with two attached hydrogens (primary N) is 1. The molecule has 29 heteroatoms. The standard InChI is InChI=1S/C71H108N12O17/c1-16-43(8)61(55(97-14)36-57(86)83-33-21-25-53(83)63(98-15)44(9)64(88)76-45(10)62(87)48-22-18-17-19-23-48)81(12)68(92)59(41(4)5)80-67(91)60(42(6)7)82(13)71(96)99-38-46-26-29-50(30-27-46)77-65(89)51(24-20-32-74-70(72)95)78-66(90)58(40(2)3)79-56(85)39-100-75-37-49-34-47(28-31-54(49)84)35-52(73-11)69(93)94/h17-19,22-23,26-31,34,37,40-45,51-53,55,58-63,73,84,87H,16,20-21,24-25,32-33,35-36,38-39H2,1-15H3,(H,76,88)(H,77,89)(H,78,90)(H,79,85)(H,80,91)(H,93,94)(H3,72,74,95)/b75-37+/t43-,44+,45?,51-,52-,53?,55?,58?,59-,60-,61?,62+,63+/m0/s1. The molecule has 0 radical (unpaired) electrons. The average molecular weight is 1400 g/mol. The number of hydrogen-bond donors (Lipinski definition) is 11. The van der Waals surface area contributed by atoms with Crippen LogP contribution in [0.4, 0.5) is 15.3 Å². The Kier molecular flexibility index (Phi) is 34.2. The van der Waals surface area contributed by atoms with Crippen molar-refractivity contribution in [1.29, 1.82) is 0 Å². The third-order valence-corrected chi connectivity index (χ3v) is 18.2. The van der Waals surface area contributed by atoms with Crippen LogP contribution in [0.15, 0.2) is 78.0 Å². The number of aromatic hydroxyl groups is 1. The third kappa shape index (κ3) is 24.8. The summed E-state index contributed by atoms with van der Waals surface area (Å²) in [5.74, 6) is -7.20. The largest absolute Gasteiger partial charge is 0.507 e. The number of carboxylic acid groups (broad SMARTS) is 1. The molecule has 5 unspecified atom stereocenters. The van der Waals surface area contributed by atoms with Crippen LogP contribution < -0.4 is 43.0 Å². The molecular formula is C71H108N12O17. The van der Waals surface area contributed by atoms with Crippen molar-refractivity contribution in [3.05, 3.63) is 95.1 Å². The zero-order valence-electron chi connectivity index (χ0n) is 60.4. The van der Waals surface area contributed by atoms with Crippen molar-refractivity contribution in [2.45, 2.75) is 187 Å². The summed E-state index contributed by atoms with van der Waals surface area (Å²) in [5.41, 5.74) is 7.49. The minimum atomic E-state index is -1.19. The first-order valence-corrected chi connectivity index (χ1v) is 34.1. The summed E-state index contributed by atoms with van der Waals surface area (Å²) in [6.45, 7) is 17.5. The van der Waals surface area contributed by atoms with E-state index < -0.39 is 145 Å². The van der Waals surface area contributed by atoms with E-state index in [1.165, 1.54) is 45.3 Å². The highest BCUT2D eigenvalue weighted by molar-refractivity contribution is 5.99. The Balaban J connectivity index is 1.39. The Morgan fingerprint density at radius 2 is 1.41 bits per heavy atom. The zero-order chi connectivity index (χ0) is 74.7. The van der Waals surface area contributed by atoms with Crippen LogP contribution >= 0.6 is 0 Å². The molecule has 0 aromatic heterocycles. The number of carboxylic acids is 1. The summed E-state index contributed by atoms with van der Waals surface area (Å²) in [6, 6.07) is 11.9. The third-order valence-electron chi connectivity index (χ3n) is 18.2. The van der Waals surface area contributed by atoms with Crippen LogP contribution in [0, 0.1) is 29.6 Å². The van der Waals surface area contributed by atoms with Crippen LogP contribution in [0.5, 0.6) is 5.75 Å². The lowest BCUT2D eigenvalue weighted by molar-refractivity contribution is -0.148. The fourth-order valence-electron chi connectivity index (χ4n) is 12.2. The Hall–Kier alpha value is -8.93. The number of oxime groups is 1. The van der Waals surface area contributed by atoms with Gasteiger partial charge in [0.2, 0.25) is 35.4 Å². The number of urea groups is 1. The molecule has 3 aromatic carbocycles. The number of aliphatic hydroxyl groups is 1. The van der Waals surface area contributed by atoms with Gasteiger partial charge in [-0.25, -0.2) is 9.59 Å². The van der Waals surface area contributed by atoms with Gasteiger partial charge in [0.25, 0.3) is 5.91 Å². The first-order chi connectivity index (χ1) is 47.3. The number of nitrogens with one attached hydrogen (secondary N) is 7. The van der Waals surface area contributed by atoms with Crippen molar-refractivity contribution in [2.75, 3.05) is 60.4 Å². The van der Waals surface area contributed by atoms with E-state index in [1.54, 1.807) is 110 Å². The number of benzene rings is 3. The molecule has 1 aliphatic rings. The van der Waals surface area contributed by atoms with Gasteiger partial charge in [0.05, 0.1) is 55.0 Å². The fourth-order valence-corrected chi connectivity index (χ4v) is 12.2. The zero-order valence-corrected chi connectivity index (χ0v) is 60.4. The number of hydrogen-bond acceptors (Lipinski definition) is 18. The quantitative estimate of drug-likeness (QED) is 0.0211. The maximum absolute atomic E-state index is 14.8. The van der Waals surface area contributed by atoms with Crippen molar-refractivity contribution in [3.8, 4) is 5.75 Å². The van der Waals surface area contributed by atoms with E-state index in [2.05, 4.69) is 42.4 Å². The molecule has 1 heterocycles. The molecule has 0 saturated carbocycles. The number of aliphatic hydroxyl groups excluding tert-OH is 1. The minimum absolute atomic E-state index is 0.0288. The van der Waals surface area contributed by atoms with E-state index in [1.807, 2.05) is 32.0 Å². The van der Waals surface area contributed by atoms with Gasteiger partial charge < -0.3 is 87.1 Å². The number of likely N-dealkylation sites (tertiary alicyclic amines) is 1. The molecule has 29 nitrogen and oxygen atoms in total. The number of anilines is 1. The van der Waals surface area contributed by atoms with Crippen molar-refractivity contribution >= 4 is 71.3 Å². The van der Waals surface area contributed by atoms with Gasteiger partial charge >= 0.3 is 18.1 Å². The van der Waals surface area contributed by atoms with Crippen LogP contribution in [0.3, 0.4) is 0 Å². The molecule has 0 spiro atoms. The predicted molar refractivity (Wildman–Crippen MR) is 375 cm³/mol. The van der Waals surface area contributed by atoms with Crippen molar-refractivity contribution < 1.29 is 82.3 Å². The Morgan fingerprint density at radius 1 is 0.760 bits per heavy atom. The second-order valence-electron chi connectivity index (χ2n) is 26.6. The highest BCUT2D eigenvalue weighted by Crippen LogP contribution is 2.31. The lowest BCUT2D eigenvalue weighted by atomic mass is 9.89. The van der Waals surface area contributed by atoms with E-state index in [0.717, 1.165) is 11.1 Å². The first-order valence-electron chi connectivity index (χ1n) is 34.1. The van der Waals surface area contributed by atoms with E-state index in [4.69, 9.17) is 24.8 Å². The van der Waals surface area contributed by atoms with Gasteiger partial charge in [0, 0.05) is 52.7 Å². The van der Waals surface area contributed by atoms with Crippen molar-refractivity contribution in [2.24, 2.45) is 40.5 Å². The number of methoxy groups -OCH3 is 2. The lowest BCUT2D eigenvalue weighted by Gasteiger charge is -2.41. The Morgan fingerprint density at radius 3 is 1.99 bits per heavy atom. The summed E-state index contributed by atoms with van der Waals surface area (Å²) < 4.78 is 17.8. The van der Waals surface area contributed by atoms with Crippen LogP contribution in [-0.2, 0) is 70.4 Å². The lowest BCUT2D eigenvalue weighted by Crippen LogP contribution is -2.60. The number of carbonyl (C=O) groups is 10. The molecular weight excluding hydrogens is 1290 g/mol. The van der Waals surface area contributed by atoms with Gasteiger partial charge in [0.15, 0.2) is 6.61 Å². The molecule has 4 rings (SSSR count). The fraction of sp³-hybridized carbons (Fsp3) is 0.592. The Bertz CT molecular complexity index is 3210. The number of phenolic OH excluding ortho intramolecular Hbond substituents is 1.